The highest BCUT2D eigenvalue weighted by Crippen LogP contribution is 2.40. The zero-order valence-electron chi connectivity index (χ0n) is 19.9. The van der Waals surface area contributed by atoms with Gasteiger partial charge in [-0.3, -0.25) is 0 Å². The SMILES string of the molecule is C[C@H](OC[C@@]1(c2ccccc2)CC[C@@](CO)(n2cnnc2)CN1)c1cc(C(F)(F)F)cc(C(F)(F)F)c1. The van der Waals surface area contributed by atoms with Gasteiger partial charge in [0.25, 0.3) is 0 Å². The van der Waals surface area contributed by atoms with E-state index < -0.39 is 40.7 Å². The van der Waals surface area contributed by atoms with Gasteiger partial charge in [0.2, 0.25) is 0 Å². The van der Waals surface area contributed by atoms with Crippen molar-refractivity contribution in [1.82, 2.24) is 20.1 Å². The van der Waals surface area contributed by atoms with Crippen molar-refractivity contribution in [3.8, 4) is 0 Å². The molecular formula is C25H26F6N4O2. The van der Waals surface area contributed by atoms with Crippen LogP contribution in [0.4, 0.5) is 26.3 Å². The third-order valence-corrected chi connectivity index (χ3v) is 7.02. The van der Waals surface area contributed by atoms with Crippen molar-refractivity contribution in [2.45, 2.75) is 49.3 Å². The minimum absolute atomic E-state index is 0.0283. The molecule has 0 saturated carbocycles. The minimum atomic E-state index is -4.94. The molecular weight excluding hydrogens is 502 g/mol. The van der Waals surface area contributed by atoms with Crippen LogP contribution < -0.4 is 5.32 Å². The van der Waals surface area contributed by atoms with Crippen molar-refractivity contribution in [1.29, 1.82) is 0 Å². The summed E-state index contributed by atoms with van der Waals surface area (Å²) in [5, 5.41) is 21.2. The number of piperidine rings is 1. The molecule has 0 bridgehead atoms. The molecule has 4 rings (SSSR count). The first-order valence-corrected chi connectivity index (χ1v) is 11.6. The summed E-state index contributed by atoms with van der Waals surface area (Å²) in [6.45, 7) is 1.51. The zero-order chi connectivity index (χ0) is 26.9. The molecule has 0 radical (unpaired) electrons. The molecule has 0 unspecified atom stereocenters. The molecule has 1 aliphatic rings. The number of hydrogen-bond donors (Lipinski definition) is 2. The highest BCUT2D eigenvalue weighted by Gasteiger charge is 2.45. The molecule has 0 aliphatic carbocycles. The lowest BCUT2D eigenvalue weighted by atomic mass is 9.76. The molecule has 0 spiro atoms. The van der Waals surface area contributed by atoms with Crippen LogP contribution in [0.25, 0.3) is 0 Å². The Morgan fingerprint density at radius 2 is 1.57 bits per heavy atom. The molecule has 37 heavy (non-hydrogen) atoms. The largest absolute Gasteiger partial charge is 0.416 e. The molecule has 1 saturated heterocycles. The van der Waals surface area contributed by atoms with E-state index in [0.717, 1.165) is 5.56 Å². The van der Waals surface area contributed by atoms with Crippen LogP contribution in [0, 0.1) is 0 Å². The van der Waals surface area contributed by atoms with Gasteiger partial charge in [-0.05, 0) is 49.1 Å². The second-order valence-corrected chi connectivity index (χ2v) is 9.35. The van der Waals surface area contributed by atoms with E-state index in [1.165, 1.54) is 19.6 Å². The summed E-state index contributed by atoms with van der Waals surface area (Å²) in [7, 11) is 0. The number of hydrogen-bond acceptors (Lipinski definition) is 5. The number of aromatic nitrogens is 3. The molecule has 6 nitrogen and oxygen atoms in total. The van der Waals surface area contributed by atoms with Crippen LogP contribution >= 0.6 is 0 Å². The fourth-order valence-electron chi connectivity index (χ4n) is 4.63. The number of nitrogens with zero attached hydrogens (tertiary/aromatic N) is 3. The Morgan fingerprint density at radius 1 is 0.973 bits per heavy atom. The van der Waals surface area contributed by atoms with Gasteiger partial charge in [-0.25, -0.2) is 0 Å². The van der Waals surface area contributed by atoms with Gasteiger partial charge in [0.15, 0.2) is 0 Å². The van der Waals surface area contributed by atoms with E-state index in [1.54, 1.807) is 4.57 Å². The first-order valence-electron chi connectivity index (χ1n) is 11.6. The first-order chi connectivity index (χ1) is 17.4. The number of alkyl halides is 6. The summed E-state index contributed by atoms with van der Waals surface area (Å²) in [5.74, 6) is 0. The topological polar surface area (TPSA) is 72.2 Å². The number of rotatable bonds is 7. The number of benzene rings is 2. The van der Waals surface area contributed by atoms with Crippen molar-refractivity contribution in [2.75, 3.05) is 19.8 Å². The minimum Gasteiger partial charge on any atom is -0.394 e. The predicted octanol–water partition coefficient (Wildman–Crippen LogP) is 5.06. The van der Waals surface area contributed by atoms with Gasteiger partial charge in [-0.2, -0.15) is 26.3 Å². The number of aliphatic hydroxyl groups excluding tert-OH is 1. The number of nitrogens with one attached hydrogen (secondary N) is 1. The van der Waals surface area contributed by atoms with Crippen LogP contribution in [0.5, 0.6) is 0 Å². The maximum atomic E-state index is 13.3. The third kappa shape index (κ3) is 5.65. The van der Waals surface area contributed by atoms with Crippen molar-refractivity contribution in [3.63, 3.8) is 0 Å². The fraction of sp³-hybridized carbons (Fsp3) is 0.440. The highest BCUT2D eigenvalue weighted by atomic mass is 19.4. The monoisotopic (exact) mass is 528 g/mol. The lowest BCUT2D eigenvalue weighted by molar-refractivity contribution is -0.143. The molecule has 1 fully saturated rings. The Kier molecular flexibility index (Phi) is 7.37. The lowest BCUT2D eigenvalue weighted by Crippen LogP contribution is -2.60. The Balaban J connectivity index is 1.60. The molecule has 12 heteroatoms. The summed E-state index contributed by atoms with van der Waals surface area (Å²) < 4.78 is 87.7. The number of aliphatic hydroxyl groups is 1. The zero-order valence-corrected chi connectivity index (χ0v) is 19.9. The average Bonchev–Trinajstić information content (AvgIpc) is 3.43. The van der Waals surface area contributed by atoms with Crippen molar-refractivity contribution < 1.29 is 36.2 Å². The van der Waals surface area contributed by atoms with E-state index in [0.29, 0.717) is 31.5 Å². The number of ether oxygens (including phenoxy) is 1. The van der Waals surface area contributed by atoms with Crippen LogP contribution in [0.15, 0.2) is 61.2 Å². The van der Waals surface area contributed by atoms with E-state index in [4.69, 9.17) is 4.74 Å². The van der Waals surface area contributed by atoms with Gasteiger partial charge in [0.1, 0.15) is 12.7 Å². The Labute approximate surface area is 209 Å². The summed E-state index contributed by atoms with van der Waals surface area (Å²) >= 11 is 0. The molecule has 2 aromatic carbocycles. The maximum absolute atomic E-state index is 13.3. The molecule has 2 heterocycles. The van der Waals surface area contributed by atoms with Crippen LogP contribution in [0.1, 0.15) is 48.1 Å². The molecule has 3 atom stereocenters. The summed E-state index contributed by atoms with van der Waals surface area (Å²) in [4.78, 5) is 0. The molecule has 1 aromatic heterocycles. The standard InChI is InChI=1S/C25H26F6N4O2/c1-17(18-9-20(24(26,27)28)11-21(10-18)25(29,30)31)37-14-23(19-5-3-2-4-6-19)8-7-22(13-36,12-32-23)35-15-33-34-16-35/h2-6,9-11,15-17,32,36H,7-8,12-14H2,1H3/t17-,22+,23+/m0/s1. The Morgan fingerprint density at radius 3 is 2.05 bits per heavy atom. The van der Waals surface area contributed by atoms with Gasteiger partial charge in [-0.1, -0.05) is 30.3 Å². The lowest BCUT2D eigenvalue weighted by Gasteiger charge is -2.47. The average molecular weight is 528 g/mol. The molecule has 200 valence electrons. The van der Waals surface area contributed by atoms with Crippen LogP contribution in [-0.2, 0) is 28.2 Å². The Hall–Kier alpha value is -2.96. The maximum Gasteiger partial charge on any atom is 0.416 e. The summed E-state index contributed by atoms with van der Waals surface area (Å²) in [5.41, 5.74) is -3.66. The molecule has 1 aliphatic heterocycles. The summed E-state index contributed by atoms with van der Waals surface area (Å²) in [6, 6.07) is 10.7. The van der Waals surface area contributed by atoms with Gasteiger partial charge in [0.05, 0.1) is 41.5 Å². The van der Waals surface area contributed by atoms with Crippen LogP contribution in [0.3, 0.4) is 0 Å². The van der Waals surface area contributed by atoms with Crippen molar-refractivity contribution in [3.05, 3.63) is 83.4 Å². The summed E-state index contributed by atoms with van der Waals surface area (Å²) in [6.07, 6.45) is -6.98. The Bertz CT molecular complexity index is 1140. The van der Waals surface area contributed by atoms with E-state index in [-0.39, 0.29) is 24.8 Å². The van der Waals surface area contributed by atoms with Gasteiger partial charge in [-0.15, -0.1) is 10.2 Å². The highest BCUT2D eigenvalue weighted by molar-refractivity contribution is 5.35. The number of halogens is 6. The molecule has 3 aromatic rings. The quantitative estimate of drug-likeness (QED) is 0.420. The second kappa shape index (κ2) is 10.1. The molecule has 0 amide bonds. The van der Waals surface area contributed by atoms with Gasteiger partial charge < -0.3 is 19.7 Å². The molecule has 2 N–H and O–H groups in total. The van der Waals surface area contributed by atoms with Crippen molar-refractivity contribution in [2.24, 2.45) is 0 Å². The van der Waals surface area contributed by atoms with E-state index in [2.05, 4.69) is 15.5 Å². The van der Waals surface area contributed by atoms with Gasteiger partial charge in [0, 0.05) is 6.54 Å². The second-order valence-electron chi connectivity index (χ2n) is 9.35. The van der Waals surface area contributed by atoms with Crippen LogP contribution in [-0.4, -0.2) is 39.6 Å². The van der Waals surface area contributed by atoms with E-state index in [9.17, 15) is 31.4 Å². The van der Waals surface area contributed by atoms with E-state index >= 15 is 0 Å². The normalized spacial score (nSPS) is 23.7. The fourth-order valence-corrected chi connectivity index (χ4v) is 4.63. The first kappa shape index (κ1) is 27.1. The third-order valence-electron chi connectivity index (χ3n) is 7.02. The van der Waals surface area contributed by atoms with E-state index in [1.807, 2.05) is 30.3 Å². The van der Waals surface area contributed by atoms with Crippen molar-refractivity contribution >= 4 is 0 Å². The van der Waals surface area contributed by atoms with Crippen LogP contribution in [0.2, 0.25) is 0 Å². The predicted molar refractivity (Wildman–Crippen MR) is 121 cm³/mol. The van der Waals surface area contributed by atoms with Gasteiger partial charge >= 0.3 is 12.4 Å². The smallest absolute Gasteiger partial charge is 0.394 e.